The molecule has 0 amide bonds. The highest BCUT2D eigenvalue weighted by Gasteiger charge is 2.16. The van der Waals surface area contributed by atoms with Crippen molar-refractivity contribution in [3.05, 3.63) is 52.0 Å². The van der Waals surface area contributed by atoms with Crippen molar-refractivity contribution in [1.82, 2.24) is 15.1 Å². The van der Waals surface area contributed by atoms with Crippen molar-refractivity contribution in [2.24, 2.45) is 0 Å². The Bertz CT molecular complexity index is 568. The molecule has 0 fully saturated rings. The lowest BCUT2D eigenvalue weighted by Gasteiger charge is -2.18. The molecular weight excluding hydrogens is 321 g/mol. The van der Waals surface area contributed by atoms with Gasteiger partial charge in [0.2, 0.25) is 0 Å². The number of aromatic nitrogens is 2. The standard InChI is InChI=1S/C15H19BrFN3/c1-3-7-18-15(12-9-19-20(4-2)10-12)11-5-6-13(16)14(17)8-11/h5-6,8-10,15,18H,3-4,7H2,1-2H3. The smallest absolute Gasteiger partial charge is 0.137 e. The van der Waals surface area contributed by atoms with E-state index >= 15 is 0 Å². The average molecular weight is 340 g/mol. The third-order valence-corrected chi connectivity index (χ3v) is 3.83. The van der Waals surface area contributed by atoms with Gasteiger partial charge < -0.3 is 5.32 Å². The number of hydrogen-bond donors (Lipinski definition) is 1. The molecule has 0 aliphatic carbocycles. The molecule has 0 aliphatic heterocycles. The molecule has 20 heavy (non-hydrogen) atoms. The molecule has 1 aromatic carbocycles. The highest BCUT2D eigenvalue weighted by atomic mass is 79.9. The minimum atomic E-state index is -0.242. The van der Waals surface area contributed by atoms with Gasteiger partial charge in [0.15, 0.2) is 0 Å². The van der Waals surface area contributed by atoms with Crippen LogP contribution in [0.15, 0.2) is 35.1 Å². The Morgan fingerprint density at radius 1 is 1.35 bits per heavy atom. The highest BCUT2D eigenvalue weighted by molar-refractivity contribution is 9.10. The Hall–Kier alpha value is -1.20. The first kappa shape index (κ1) is 15.2. The summed E-state index contributed by atoms with van der Waals surface area (Å²) in [4.78, 5) is 0. The fourth-order valence-corrected chi connectivity index (χ4v) is 2.36. The molecule has 0 radical (unpaired) electrons. The lowest BCUT2D eigenvalue weighted by molar-refractivity contribution is 0.582. The Morgan fingerprint density at radius 2 is 2.15 bits per heavy atom. The van der Waals surface area contributed by atoms with Crippen molar-refractivity contribution in [2.75, 3.05) is 6.54 Å². The Kier molecular flexibility index (Phi) is 5.31. The average Bonchev–Trinajstić information content (AvgIpc) is 2.92. The molecule has 1 atom stereocenters. The topological polar surface area (TPSA) is 29.9 Å². The maximum absolute atomic E-state index is 13.8. The van der Waals surface area contributed by atoms with Crippen molar-refractivity contribution in [1.29, 1.82) is 0 Å². The summed E-state index contributed by atoms with van der Waals surface area (Å²) in [6.45, 7) is 5.86. The third-order valence-electron chi connectivity index (χ3n) is 3.19. The number of rotatable bonds is 6. The maximum atomic E-state index is 13.8. The largest absolute Gasteiger partial charge is 0.306 e. The zero-order valence-corrected chi connectivity index (χ0v) is 13.3. The van der Waals surface area contributed by atoms with E-state index in [4.69, 9.17) is 0 Å². The summed E-state index contributed by atoms with van der Waals surface area (Å²) in [6, 6.07) is 5.22. The van der Waals surface area contributed by atoms with Gasteiger partial charge in [0.05, 0.1) is 16.7 Å². The van der Waals surface area contributed by atoms with E-state index in [0.29, 0.717) is 4.47 Å². The first-order valence-corrected chi connectivity index (χ1v) is 7.65. The van der Waals surface area contributed by atoms with E-state index in [2.05, 4.69) is 33.3 Å². The lowest BCUT2D eigenvalue weighted by atomic mass is 10.0. The second-order valence-electron chi connectivity index (χ2n) is 4.69. The van der Waals surface area contributed by atoms with Gasteiger partial charge in [-0.05, 0) is 53.5 Å². The summed E-state index contributed by atoms with van der Waals surface area (Å²) in [6.07, 6.45) is 4.88. The predicted octanol–water partition coefficient (Wildman–Crippen LogP) is 3.89. The van der Waals surface area contributed by atoms with Crippen molar-refractivity contribution >= 4 is 15.9 Å². The van der Waals surface area contributed by atoms with Crippen molar-refractivity contribution in [2.45, 2.75) is 32.9 Å². The fraction of sp³-hybridized carbons (Fsp3) is 0.400. The SMILES string of the molecule is CCCNC(c1ccc(Br)c(F)c1)c1cnn(CC)c1. The van der Waals surface area contributed by atoms with Crippen LogP contribution < -0.4 is 5.32 Å². The Labute approximate surface area is 127 Å². The van der Waals surface area contributed by atoms with E-state index in [9.17, 15) is 4.39 Å². The van der Waals surface area contributed by atoms with E-state index < -0.39 is 0 Å². The van der Waals surface area contributed by atoms with Gasteiger partial charge in [-0.2, -0.15) is 5.10 Å². The van der Waals surface area contributed by atoms with Gasteiger partial charge in [-0.3, -0.25) is 4.68 Å². The number of nitrogens with zero attached hydrogens (tertiary/aromatic N) is 2. The maximum Gasteiger partial charge on any atom is 0.137 e. The van der Waals surface area contributed by atoms with Crippen molar-refractivity contribution in [3.8, 4) is 0 Å². The fourth-order valence-electron chi connectivity index (χ4n) is 2.11. The zero-order chi connectivity index (χ0) is 14.5. The van der Waals surface area contributed by atoms with Crippen LogP contribution in [0.3, 0.4) is 0 Å². The summed E-state index contributed by atoms with van der Waals surface area (Å²) < 4.78 is 16.1. The molecule has 0 saturated carbocycles. The van der Waals surface area contributed by atoms with Crippen LogP contribution in [-0.2, 0) is 6.54 Å². The third kappa shape index (κ3) is 3.46. The summed E-state index contributed by atoms with van der Waals surface area (Å²) in [5.74, 6) is -0.242. The van der Waals surface area contributed by atoms with Gasteiger partial charge in [-0.1, -0.05) is 13.0 Å². The minimum Gasteiger partial charge on any atom is -0.306 e. The van der Waals surface area contributed by atoms with Crippen LogP contribution in [0.5, 0.6) is 0 Å². The van der Waals surface area contributed by atoms with Crippen LogP contribution in [0.4, 0.5) is 4.39 Å². The van der Waals surface area contributed by atoms with E-state index in [1.165, 1.54) is 0 Å². The second-order valence-corrected chi connectivity index (χ2v) is 5.54. The molecule has 0 aliphatic rings. The second kappa shape index (κ2) is 6.99. The normalized spacial score (nSPS) is 12.6. The number of nitrogens with one attached hydrogen (secondary N) is 1. The molecule has 1 unspecified atom stereocenters. The lowest BCUT2D eigenvalue weighted by Crippen LogP contribution is -2.23. The minimum absolute atomic E-state index is 0.0298. The molecular formula is C15H19BrFN3. The van der Waals surface area contributed by atoms with Gasteiger partial charge in [-0.25, -0.2) is 4.39 Å². The van der Waals surface area contributed by atoms with Crippen LogP contribution in [-0.4, -0.2) is 16.3 Å². The van der Waals surface area contributed by atoms with Gasteiger partial charge in [0, 0.05) is 18.3 Å². The molecule has 2 aromatic rings. The van der Waals surface area contributed by atoms with E-state index in [1.54, 1.807) is 12.1 Å². The number of aryl methyl sites for hydroxylation is 1. The summed E-state index contributed by atoms with van der Waals surface area (Å²) in [7, 11) is 0. The van der Waals surface area contributed by atoms with Crippen LogP contribution in [0, 0.1) is 5.82 Å². The van der Waals surface area contributed by atoms with Crippen molar-refractivity contribution < 1.29 is 4.39 Å². The van der Waals surface area contributed by atoms with Crippen LogP contribution in [0.2, 0.25) is 0 Å². The molecule has 108 valence electrons. The number of halogens is 2. The monoisotopic (exact) mass is 339 g/mol. The Balaban J connectivity index is 2.32. The van der Waals surface area contributed by atoms with Crippen LogP contribution in [0.1, 0.15) is 37.4 Å². The van der Waals surface area contributed by atoms with Crippen LogP contribution >= 0.6 is 15.9 Å². The number of hydrogen-bond acceptors (Lipinski definition) is 2. The van der Waals surface area contributed by atoms with Gasteiger partial charge in [-0.15, -0.1) is 0 Å². The molecule has 1 heterocycles. The molecule has 1 N–H and O–H groups in total. The number of benzene rings is 1. The molecule has 5 heteroatoms. The molecule has 1 aromatic heterocycles. The predicted molar refractivity (Wildman–Crippen MR) is 82.1 cm³/mol. The van der Waals surface area contributed by atoms with Gasteiger partial charge in [0.25, 0.3) is 0 Å². The first-order chi connectivity index (χ1) is 9.65. The van der Waals surface area contributed by atoms with Gasteiger partial charge in [0.1, 0.15) is 5.82 Å². The molecule has 3 nitrogen and oxygen atoms in total. The molecule has 0 saturated heterocycles. The quantitative estimate of drug-likeness (QED) is 0.865. The zero-order valence-electron chi connectivity index (χ0n) is 11.7. The Morgan fingerprint density at radius 3 is 2.75 bits per heavy atom. The van der Waals surface area contributed by atoms with Crippen molar-refractivity contribution in [3.63, 3.8) is 0 Å². The molecule has 0 spiro atoms. The van der Waals surface area contributed by atoms with Crippen LogP contribution in [0.25, 0.3) is 0 Å². The highest BCUT2D eigenvalue weighted by Crippen LogP contribution is 2.25. The molecule has 0 bridgehead atoms. The summed E-state index contributed by atoms with van der Waals surface area (Å²) in [5.41, 5.74) is 1.97. The molecule has 2 rings (SSSR count). The first-order valence-electron chi connectivity index (χ1n) is 6.86. The van der Waals surface area contributed by atoms with E-state index in [-0.39, 0.29) is 11.9 Å². The summed E-state index contributed by atoms with van der Waals surface area (Å²) in [5, 5.41) is 7.75. The van der Waals surface area contributed by atoms with E-state index in [1.807, 2.05) is 30.1 Å². The van der Waals surface area contributed by atoms with E-state index in [0.717, 1.165) is 30.6 Å². The summed E-state index contributed by atoms with van der Waals surface area (Å²) >= 11 is 3.19. The van der Waals surface area contributed by atoms with Gasteiger partial charge >= 0.3 is 0 Å².